The summed E-state index contributed by atoms with van der Waals surface area (Å²) in [5, 5.41) is 0.793. The smallest absolute Gasteiger partial charge is 0.128 e. The van der Waals surface area contributed by atoms with Crippen LogP contribution >= 0.6 is 11.6 Å². The van der Waals surface area contributed by atoms with E-state index < -0.39 is 0 Å². The van der Waals surface area contributed by atoms with Gasteiger partial charge in [0.25, 0.3) is 0 Å². The molecule has 106 valence electrons. The third-order valence-corrected chi connectivity index (χ3v) is 3.99. The van der Waals surface area contributed by atoms with E-state index in [9.17, 15) is 0 Å². The van der Waals surface area contributed by atoms with Crippen molar-refractivity contribution in [3.8, 4) is 11.5 Å². The van der Waals surface area contributed by atoms with Gasteiger partial charge in [0.1, 0.15) is 11.5 Å². The van der Waals surface area contributed by atoms with Crippen LogP contribution in [0.2, 0.25) is 5.02 Å². The molecule has 0 radical (unpaired) electrons. The summed E-state index contributed by atoms with van der Waals surface area (Å²) in [6, 6.07) is 11.9. The molecule has 1 unspecified atom stereocenters. The molecular formula is C17H20ClNO. The lowest BCUT2D eigenvalue weighted by Gasteiger charge is -2.12. The van der Waals surface area contributed by atoms with Crippen molar-refractivity contribution in [1.29, 1.82) is 0 Å². The zero-order chi connectivity index (χ0) is 14.7. The average molecular weight is 290 g/mol. The van der Waals surface area contributed by atoms with E-state index >= 15 is 0 Å². The quantitative estimate of drug-likeness (QED) is 0.844. The second-order valence-corrected chi connectivity index (χ2v) is 5.43. The summed E-state index contributed by atoms with van der Waals surface area (Å²) in [4.78, 5) is 0. The molecule has 1 atom stereocenters. The molecule has 2 aromatic rings. The fourth-order valence-electron chi connectivity index (χ4n) is 2.12. The van der Waals surface area contributed by atoms with E-state index in [2.05, 4.69) is 6.92 Å². The van der Waals surface area contributed by atoms with Gasteiger partial charge < -0.3 is 10.5 Å². The van der Waals surface area contributed by atoms with Crippen molar-refractivity contribution in [2.45, 2.75) is 33.2 Å². The van der Waals surface area contributed by atoms with E-state index in [1.165, 1.54) is 0 Å². The predicted molar refractivity (Wildman–Crippen MR) is 84.7 cm³/mol. The van der Waals surface area contributed by atoms with Crippen molar-refractivity contribution >= 4 is 11.6 Å². The standard InChI is InChI=1S/C17H20ClNO/c1-4-16(19)13-5-7-14(8-6-13)20-15-9-11(2)17(18)12(3)10-15/h5-10,16H,4,19H2,1-3H3. The molecule has 20 heavy (non-hydrogen) atoms. The highest BCUT2D eigenvalue weighted by atomic mass is 35.5. The first-order chi connectivity index (χ1) is 9.51. The molecule has 0 aromatic heterocycles. The Kier molecular flexibility index (Phi) is 4.69. The molecular weight excluding hydrogens is 270 g/mol. The highest BCUT2D eigenvalue weighted by Crippen LogP contribution is 2.29. The molecule has 0 aliphatic carbocycles. The van der Waals surface area contributed by atoms with Gasteiger partial charge in [0, 0.05) is 11.1 Å². The topological polar surface area (TPSA) is 35.2 Å². The Hall–Kier alpha value is -1.51. The first-order valence-electron chi connectivity index (χ1n) is 6.81. The first-order valence-corrected chi connectivity index (χ1v) is 7.19. The summed E-state index contributed by atoms with van der Waals surface area (Å²) in [6.45, 7) is 6.03. The lowest BCUT2D eigenvalue weighted by Crippen LogP contribution is -2.08. The van der Waals surface area contributed by atoms with Gasteiger partial charge in [0.05, 0.1) is 0 Å². The van der Waals surface area contributed by atoms with E-state index in [4.69, 9.17) is 22.1 Å². The number of hydrogen-bond acceptors (Lipinski definition) is 2. The summed E-state index contributed by atoms with van der Waals surface area (Å²) in [7, 11) is 0. The van der Waals surface area contributed by atoms with E-state index in [-0.39, 0.29) is 6.04 Å². The normalized spacial score (nSPS) is 12.2. The molecule has 0 bridgehead atoms. The minimum absolute atomic E-state index is 0.0871. The maximum atomic E-state index is 6.15. The van der Waals surface area contributed by atoms with Crippen molar-refractivity contribution < 1.29 is 4.74 Å². The summed E-state index contributed by atoms with van der Waals surface area (Å²) in [6.07, 6.45) is 0.926. The molecule has 0 amide bonds. The van der Waals surface area contributed by atoms with Crippen LogP contribution in [0.3, 0.4) is 0 Å². The molecule has 0 saturated carbocycles. The maximum absolute atomic E-state index is 6.15. The molecule has 2 nitrogen and oxygen atoms in total. The zero-order valence-electron chi connectivity index (χ0n) is 12.1. The molecule has 2 rings (SSSR count). The molecule has 3 heteroatoms. The molecule has 2 N–H and O–H groups in total. The lowest BCUT2D eigenvalue weighted by molar-refractivity contribution is 0.481. The number of ether oxygens (including phenoxy) is 1. The molecule has 0 aliphatic rings. The van der Waals surface area contributed by atoms with Crippen molar-refractivity contribution in [1.82, 2.24) is 0 Å². The minimum Gasteiger partial charge on any atom is -0.457 e. The van der Waals surface area contributed by atoms with Gasteiger partial charge in [-0.25, -0.2) is 0 Å². The Bertz CT molecular complexity index is 569. The van der Waals surface area contributed by atoms with Crippen molar-refractivity contribution in [2.24, 2.45) is 5.73 Å². The van der Waals surface area contributed by atoms with Crippen LogP contribution < -0.4 is 10.5 Å². The highest BCUT2D eigenvalue weighted by molar-refractivity contribution is 6.32. The second-order valence-electron chi connectivity index (χ2n) is 5.06. The largest absolute Gasteiger partial charge is 0.457 e. The fourth-order valence-corrected chi connectivity index (χ4v) is 2.23. The van der Waals surface area contributed by atoms with Crippen LogP contribution in [0.25, 0.3) is 0 Å². The number of nitrogens with two attached hydrogens (primary N) is 1. The SMILES string of the molecule is CCC(N)c1ccc(Oc2cc(C)c(Cl)c(C)c2)cc1. The molecule has 0 saturated heterocycles. The third kappa shape index (κ3) is 3.33. The minimum atomic E-state index is 0.0871. The van der Waals surface area contributed by atoms with Crippen molar-refractivity contribution in [3.63, 3.8) is 0 Å². The van der Waals surface area contributed by atoms with Gasteiger partial charge >= 0.3 is 0 Å². The van der Waals surface area contributed by atoms with Crippen LogP contribution in [-0.4, -0.2) is 0 Å². The summed E-state index contributed by atoms with van der Waals surface area (Å²) >= 11 is 6.15. The number of aryl methyl sites for hydroxylation is 2. The molecule has 0 aliphatic heterocycles. The van der Waals surface area contributed by atoms with Crippen LogP contribution in [0, 0.1) is 13.8 Å². The Labute approximate surface area is 125 Å². The first kappa shape index (κ1) is 14.9. The summed E-state index contributed by atoms with van der Waals surface area (Å²) in [5.41, 5.74) is 9.17. The fraction of sp³-hybridized carbons (Fsp3) is 0.294. The van der Waals surface area contributed by atoms with E-state index in [0.717, 1.165) is 39.6 Å². The Morgan fingerprint density at radius 1 is 1.05 bits per heavy atom. The lowest BCUT2D eigenvalue weighted by atomic mass is 10.1. The van der Waals surface area contributed by atoms with E-state index in [0.29, 0.717) is 0 Å². The van der Waals surface area contributed by atoms with E-state index in [1.807, 2.05) is 50.2 Å². The number of hydrogen-bond donors (Lipinski definition) is 1. The van der Waals surface area contributed by atoms with E-state index in [1.54, 1.807) is 0 Å². The average Bonchev–Trinajstić information content (AvgIpc) is 2.44. The number of rotatable bonds is 4. The van der Waals surface area contributed by atoms with Gasteiger partial charge in [-0.1, -0.05) is 30.7 Å². The van der Waals surface area contributed by atoms with Gasteiger partial charge in [-0.15, -0.1) is 0 Å². The van der Waals surface area contributed by atoms with Gasteiger partial charge in [-0.2, -0.15) is 0 Å². The highest BCUT2D eigenvalue weighted by Gasteiger charge is 2.06. The van der Waals surface area contributed by atoms with Crippen molar-refractivity contribution in [3.05, 3.63) is 58.1 Å². The van der Waals surface area contributed by atoms with Gasteiger partial charge in [0.15, 0.2) is 0 Å². The Balaban J connectivity index is 2.18. The monoisotopic (exact) mass is 289 g/mol. The van der Waals surface area contributed by atoms with Crippen LogP contribution in [0.5, 0.6) is 11.5 Å². The van der Waals surface area contributed by atoms with Crippen molar-refractivity contribution in [2.75, 3.05) is 0 Å². The van der Waals surface area contributed by atoms with Crippen LogP contribution in [0.4, 0.5) is 0 Å². The molecule has 2 aromatic carbocycles. The van der Waals surface area contributed by atoms with Crippen LogP contribution in [0.15, 0.2) is 36.4 Å². The van der Waals surface area contributed by atoms with Crippen LogP contribution in [-0.2, 0) is 0 Å². The summed E-state index contributed by atoms with van der Waals surface area (Å²) in [5.74, 6) is 1.61. The molecule has 0 spiro atoms. The zero-order valence-corrected chi connectivity index (χ0v) is 12.9. The van der Waals surface area contributed by atoms with Gasteiger partial charge in [-0.05, 0) is 61.2 Å². The Morgan fingerprint density at radius 2 is 1.60 bits per heavy atom. The second kappa shape index (κ2) is 6.29. The number of benzene rings is 2. The summed E-state index contributed by atoms with van der Waals surface area (Å²) < 4.78 is 5.86. The molecule has 0 fully saturated rings. The number of halogens is 1. The maximum Gasteiger partial charge on any atom is 0.128 e. The predicted octanol–water partition coefficient (Wildman–Crippen LogP) is 5.16. The van der Waals surface area contributed by atoms with Gasteiger partial charge in [0.2, 0.25) is 0 Å². The van der Waals surface area contributed by atoms with Gasteiger partial charge in [-0.3, -0.25) is 0 Å². The third-order valence-electron chi connectivity index (χ3n) is 3.39. The molecule has 0 heterocycles. The van der Waals surface area contributed by atoms with Crippen LogP contribution in [0.1, 0.15) is 36.1 Å². The Morgan fingerprint density at radius 3 is 2.10 bits per heavy atom.